The molecule has 0 radical (unpaired) electrons. The number of ether oxygens (including phenoxy) is 1. The quantitative estimate of drug-likeness (QED) is 0.311. The zero-order chi connectivity index (χ0) is 15.1. The van der Waals surface area contributed by atoms with Crippen molar-refractivity contribution < 1.29 is 28.0 Å². The molecule has 0 unspecified atom stereocenters. The number of nitrogen functional groups attached to an aromatic ring is 2. The highest BCUT2D eigenvalue weighted by Gasteiger charge is 2.20. The average Bonchev–Trinajstić information content (AvgIpc) is 2.30. The highest BCUT2D eigenvalue weighted by Crippen LogP contribution is 2.36. The fourth-order valence-corrected chi connectivity index (χ4v) is 2.56. The van der Waals surface area contributed by atoms with Crippen molar-refractivity contribution in [2.24, 2.45) is 0 Å². The first-order valence-electron chi connectivity index (χ1n) is 5.48. The van der Waals surface area contributed by atoms with E-state index in [0.717, 1.165) is 13.0 Å². The van der Waals surface area contributed by atoms with Crippen LogP contribution in [0.1, 0.15) is 6.92 Å². The van der Waals surface area contributed by atoms with E-state index in [9.17, 15) is 17.8 Å². The molecule has 0 atom stereocenters. The molecule has 0 bridgehead atoms. The third-order valence-corrected chi connectivity index (χ3v) is 3.55. The number of benzene rings is 2. The summed E-state index contributed by atoms with van der Waals surface area (Å²) < 4.78 is 37.0. The van der Waals surface area contributed by atoms with Gasteiger partial charge in [-0.25, -0.2) is 0 Å². The molecule has 0 saturated heterocycles. The first-order chi connectivity index (χ1) is 9.20. The fourth-order valence-electron chi connectivity index (χ4n) is 1.86. The molecule has 2 aromatic rings. The van der Waals surface area contributed by atoms with Crippen LogP contribution < -0.4 is 16.2 Å². The zero-order valence-electron chi connectivity index (χ0n) is 11.0. The summed E-state index contributed by atoms with van der Waals surface area (Å²) in [4.78, 5) is 10.6. The lowest BCUT2D eigenvalue weighted by molar-refractivity contribution is -0.131. The van der Waals surface area contributed by atoms with Crippen LogP contribution in [0.2, 0.25) is 0 Å². The molecule has 2 rings (SSSR count). The average molecular weight is 314 g/mol. The topological polar surface area (TPSA) is 164 Å². The standard InChI is InChI=1S/C12H12N2O5S.H2O/c1-6(15)19-10-5-11(20(16,17)18)9-4-7(13)2-3-8(9)12(10)14;/h2-5H,13-14H2,1H3,(H,16,17,18);1H2. The highest BCUT2D eigenvalue weighted by molar-refractivity contribution is 7.86. The van der Waals surface area contributed by atoms with Crippen LogP contribution in [-0.2, 0) is 14.9 Å². The second kappa shape index (κ2) is 5.56. The van der Waals surface area contributed by atoms with E-state index in [2.05, 4.69) is 0 Å². The molecule has 0 amide bonds. The largest absolute Gasteiger partial charge is 0.424 e. The molecule has 0 spiro atoms. The molecule has 9 heteroatoms. The normalized spacial score (nSPS) is 11.0. The highest BCUT2D eigenvalue weighted by atomic mass is 32.2. The first-order valence-corrected chi connectivity index (χ1v) is 6.92. The van der Waals surface area contributed by atoms with Crippen LogP contribution in [-0.4, -0.2) is 24.4 Å². The molecular formula is C12H14N2O6S. The van der Waals surface area contributed by atoms with Gasteiger partial charge in [-0.05, 0) is 12.1 Å². The number of fused-ring (bicyclic) bond motifs is 1. The van der Waals surface area contributed by atoms with Gasteiger partial charge in [0.05, 0.1) is 5.69 Å². The Kier molecular flexibility index (Phi) is 4.42. The maximum Gasteiger partial charge on any atom is 0.308 e. The predicted octanol–water partition coefficient (Wildman–Crippen LogP) is 0.352. The minimum atomic E-state index is -4.52. The summed E-state index contributed by atoms with van der Waals surface area (Å²) in [6.45, 7) is 1.15. The van der Waals surface area contributed by atoms with Crippen molar-refractivity contribution in [3.8, 4) is 5.75 Å². The molecule has 7 N–H and O–H groups in total. The Morgan fingerprint density at radius 1 is 1.19 bits per heavy atom. The van der Waals surface area contributed by atoms with Gasteiger partial charge in [0, 0.05) is 29.4 Å². The third-order valence-electron chi connectivity index (χ3n) is 2.66. The summed E-state index contributed by atoms with van der Waals surface area (Å²) in [6.07, 6.45) is 0. The van der Waals surface area contributed by atoms with Gasteiger partial charge < -0.3 is 21.7 Å². The summed E-state index contributed by atoms with van der Waals surface area (Å²) >= 11 is 0. The third kappa shape index (κ3) is 3.21. The first kappa shape index (κ1) is 16.7. The van der Waals surface area contributed by atoms with Crippen LogP contribution >= 0.6 is 0 Å². The molecule has 2 aromatic carbocycles. The molecule has 0 aliphatic heterocycles. The zero-order valence-corrected chi connectivity index (χ0v) is 11.8. The fraction of sp³-hybridized carbons (Fsp3) is 0.0833. The van der Waals surface area contributed by atoms with Crippen LogP contribution in [0.5, 0.6) is 5.75 Å². The van der Waals surface area contributed by atoms with Crippen molar-refractivity contribution in [1.29, 1.82) is 0 Å². The Hall–Kier alpha value is -2.36. The van der Waals surface area contributed by atoms with Gasteiger partial charge in [0.15, 0.2) is 5.75 Å². The monoisotopic (exact) mass is 314 g/mol. The van der Waals surface area contributed by atoms with E-state index in [-0.39, 0.29) is 22.3 Å². The van der Waals surface area contributed by atoms with E-state index in [1.807, 2.05) is 0 Å². The van der Waals surface area contributed by atoms with Gasteiger partial charge in [-0.2, -0.15) is 8.42 Å². The van der Waals surface area contributed by atoms with Gasteiger partial charge in [0.1, 0.15) is 4.90 Å². The van der Waals surface area contributed by atoms with Crippen molar-refractivity contribution in [2.45, 2.75) is 11.8 Å². The van der Waals surface area contributed by atoms with Gasteiger partial charge in [-0.3, -0.25) is 9.35 Å². The molecule has 0 fully saturated rings. The van der Waals surface area contributed by atoms with Crippen LogP contribution in [0, 0.1) is 0 Å². The molecule has 0 aromatic heterocycles. The molecule has 21 heavy (non-hydrogen) atoms. The molecule has 0 saturated carbocycles. The van der Waals surface area contributed by atoms with E-state index in [0.29, 0.717) is 11.1 Å². The number of esters is 1. The van der Waals surface area contributed by atoms with Gasteiger partial charge >= 0.3 is 5.97 Å². The number of carbonyl (C=O) groups excluding carboxylic acids is 1. The minimum absolute atomic E-state index is 0. The molecule has 0 aliphatic rings. The Morgan fingerprint density at radius 2 is 1.81 bits per heavy atom. The van der Waals surface area contributed by atoms with Crippen LogP contribution in [0.3, 0.4) is 0 Å². The number of anilines is 2. The molecular weight excluding hydrogens is 300 g/mol. The van der Waals surface area contributed by atoms with Crippen LogP contribution in [0.25, 0.3) is 10.8 Å². The Balaban J connectivity index is 0.00000220. The maximum atomic E-state index is 11.4. The lowest BCUT2D eigenvalue weighted by atomic mass is 10.1. The Morgan fingerprint density at radius 3 is 2.33 bits per heavy atom. The van der Waals surface area contributed by atoms with Crippen molar-refractivity contribution in [2.75, 3.05) is 11.5 Å². The summed E-state index contributed by atoms with van der Waals surface area (Å²) in [6, 6.07) is 5.37. The maximum absolute atomic E-state index is 11.4. The van der Waals surface area contributed by atoms with E-state index in [4.69, 9.17) is 16.2 Å². The van der Waals surface area contributed by atoms with Gasteiger partial charge in [0.25, 0.3) is 10.1 Å². The van der Waals surface area contributed by atoms with E-state index in [1.165, 1.54) is 18.2 Å². The second-order valence-electron chi connectivity index (χ2n) is 4.16. The summed E-state index contributed by atoms with van der Waals surface area (Å²) in [5.74, 6) is -0.796. The summed E-state index contributed by atoms with van der Waals surface area (Å²) in [5, 5.41) is 0.464. The second-order valence-corrected chi connectivity index (χ2v) is 5.55. The number of hydrogen-bond donors (Lipinski definition) is 3. The molecule has 114 valence electrons. The van der Waals surface area contributed by atoms with Crippen molar-refractivity contribution in [3.05, 3.63) is 24.3 Å². The van der Waals surface area contributed by atoms with E-state index >= 15 is 0 Å². The van der Waals surface area contributed by atoms with Crippen molar-refractivity contribution in [1.82, 2.24) is 0 Å². The van der Waals surface area contributed by atoms with Crippen LogP contribution in [0.15, 0.2) is 29.2 Å². The van der Waals surface area contributed by atoms with Crippen molar-refractivity contribution >= 4 is 38.2 Å². The number of hydrogen-bond acceptors (Lipinski definition) is 6. The number of nitrogens with two attached hydrogens (primary N) is 2. The molecule has 0 aliphatic carbocycles. The Labute approximate surface area is 120 Å². The lowest BCUT2D eigenvalue weighted by Gasteiger charge is -2.12. The molecule has 0 heterocycles. The predicted molar refractivity (Wildman–Crippen MR) is 77.5 cm³/mol. The smallest absolute Gasteiger partial charge is 0.308 e. The molecule has 8 nitrogen and oxygen atoms in total. The van der Waals surface area contributed by atoms with E-state index in [1.54, 1.807) is 0 Å². The number of carbonyl (C=O) groups is 1. The van der Waals surface area contributed by atoms with Gasteiger partial charge in [0.2, 0.25) is 0 Å². The SMILES string of the molecule is CC(=O)Oc1cc(S(=O)(=O)O)c2cc(N)ccc2c1N.O. The summed E-state index contributed by atoms with van der Waals surface area (Å²) in [7, 11) is -4.52. The van der Waals surface area contributed by atoms with Gasteiger partial charge in [-0.15, -0.1) is 0 Å². The van der Waals surface area contributed by atoms with E-state index < -0.39 is 21.0 Å². The number of rotatable bonds is 2. The summed E-state index contributed by atoms with van der Waals surface area (Å²) in [5.41, 5.74) is 11.8. The Bertz CT molecular complexity index is 816. The lowest BCUT2D eigenvalue weighted by Crippen LogP contribution is -2.07. The van der Waals surface area contributed by atoms with Crippen molar-refractivity contribution in [3.63, 3.8) is 0 Å². The van der Waals surface area contributed by atoms with Crippen LogP contribution in [0.4, 0.5) is 11.4 Å². The van der Waals surface area contributed by atoms with Gasteiger partial charge in [-0.1, -0.05) is 6.07 Å². The minimum Gasteiger partial charge on any atom is -0.424 e.